The summed E-state index contributed by atoms with van der Waals surface area (Å²) in [5, 5.41) is 12.6. The van der Waals surface area contributed by atoms with Crippen LogP contribution in [-0.2, 0) is 0 Å². The third-order valence-corrected chi connectivity index (χ3v) is 5.30. The van der Waals surface area contributed by atoms with Crippen LogP contribution in [0, 0.1) is 5.41 Å². The van der Waals surface area contributed by atoms with Gasteiger partial charge in [0.05, 0.1) is 12.6 Å². The molecular formula is C18H26N2O2. The molecule has 22 heavy (non-hydrogen) atoms. The molecule has 2 amide bonds. The van der Waals surface area contributed by atoms with Gasteiger partial charge in [0.2, 0.25) is 0 Å². The third kappa shape index (κ3) is 2.98. The van der Waals surface area contributed by atoms with Crippen LogP contribution >= 0.6 is 0 Å². The maximum atomic E-state index is 12.5. The lowest BCUT2D eigenvalue weighted by Crippen LogP contribution is -2.43. The molecule has 1 aromatic rings. The first-order valence-corrected chi connectivity index (χ1v) is 8.26. The van der Waals surface area contributed by atoms with E-state index >= 15 is 0 Å². The molecule has 4 nitrogen and oxygen atoms in total. The Morgan fingerprint density at radius 2 is 2.00 bits per heavy atom. The van der Waals surface area contributed by atoms with E-state index in [1.807, 2.05) is 13.1 Å². The number of rotatable bonds is 4. The van der Waals surface area contributed by atoms with E-state index in [4.69, 9.17) is 0 Å². The minimum absolute atomic E-state index is 0.0333. The predicted molar refractivity (Wildman–Crippen MR) is 86.7 cm³/mol. The number of aliphatic hydroxyl groups is 1. The van der Waals surface area contributed by atoms with E-state index in [1.165, 1.54) is 11.1 Å². The van der Waals surface area contributed by atoms with Crippen molar-refractivity contribution in [3.63, 3.8) is 0 Å². The molecule has 0 bridgehead atoms. The van der Waals surface area contributed by atoms with Gasteiger partial charge >= 0.3 is 6.03 Å². The van der Waals surface area contributed by atoms with Gasteiger partial charge in [-0.25, -0.2) is 4.79 Å². The van der Waals surface area contributed by atoms with Crippen LogP contribution in [0.2, 0.25) is 0 Å². The first-order valence-electron chi connectivity index (χ1n) is 8.26. The number of amides is 2. The molecule has 2 atom stereocenters. The average Bonchev–Trinajstić information content (AvgIpc) is 3.30. The number of benzene rings is 1. The summed E-state index contributed by atoms with van der Waals surface area (Å²) in [7, 11) is 1.82. The van der Waals surface area contributed by atoms with Crippen molar-refractivity contribution in [3.8, 4) is 0 Å². The fourth-order valence-corrected chi connectivity index (χ4v) is 3.53. The highest BCUT2D eigenvalue weighted by Crippen LogP contribution is 2.45. The van der Waals surface area contributed by atoms with Gasteiger partial charge < -0.3 is 15.3 Å². The third-order valence-electron chi connectivity index (χ3n) is 5.30. The summed E-state index contributed by atoms with van der Waals surface area (Å²) in [5.41, 5.74) is 2.58. The van der Waals surface area contributed by atoms with Gasteiger partial charge in [-0.2, -0.15) is 0 Å². The van der Waals surface area contributed by atoms with Crippen LogP contribution in [0.3, 0.4) is 0 Å². The van der Waals surface area contributed by atoms with Crippen molar-refractivity contribution < 1.29 is 9.90 Å². The SMILES string of the molecule is C[C@@H]1CC[C@@H](NC(=O)N(C)CC2(CO)CC2)c2ccccc21. The molecule has 4 heteroatoms. The zero-order valence-electron chi connectivity index (χ0n) is 13.5. The van der Waals surface area contributed by atoms with Crippen LogP contribution < -0.4 is 5.32 Å². The van der Waals surface area contributed by atoms with E-state index in [1.54, 1.807) is 4.90 Å². The summed E-state index contributed by atoms with van der Waals surface area (Å²) in [6, 6.07) is 8.49. The summed E-state index contributed by atoms with van der Waals surface area (Å²) in [6.07, 6.45) is 4.13. The van der Waals surface area contributed by atoms with Gasteiger partial charge in [-0.05, 0) is 42.7 Å². The van der Waals surface area contributed by atoms with Crippen LogP contribution in [0.25, 0.3) is 0 Å². The van der Waals surface area contributed by atoms with Gasteiger partial charge in [-0.15, -0.1) is 0 Å². The van der Waals surface area contributed by atoms with Crippen molar-refractivity contribution in [2.45, 2.75) is 44.6 Å². The summed E-state index contributed by atoms with van der Waals surface area (Å²) >= 11 is 0. The number of carbonyl (C=O) groups excluding carboxylic acids is 1. The van der Waals surface area contributed by atoms with Crippen molar-refractivity contribution in [1.29, 1.82) is 0 Å². The van der Waals surface area contributed by atoms with Crippen molar-refractivity contribution in [1.82, 2.24) is 10.2 Å². The fraction of sp³-hybridized carbons (Fsp3) is 0.611. The molecule has 0 saturated heterocycles. The molecule has 0 aromatic heterocycles. The van der Waals surface area contributed by atoms with Crippen molar-refractivity contribution in [3.05, 3.63) is 35.4 Å². The van der Waals surface area contributed by atoms with Crippen molar-refractivity contribution >= 4 is 6.03 Å². The van der Waals surface area contributed by atoms with Gasteiger partial charge in [-0.3, -0.25) is 0 Å². The lowest BCUT2D eigenvalue weighted by Gasteiger charge is -2.32. The lowest BCUT2D eigenvalue weighted by atomic mass is 9.81. The molecule has 0 unspecified atom stereocenters. The van der Waals surface area contributed by atoms with Crippen LogP contribution in [0.4, 0.5) is 4.79 Å². The summed E-state index contributed by atoms with van der Waals surface area (Å²) in [6.45, 7) is 3.07. The zero-order valence-corrected chi connectivity index (χ0v) is 13.5. The van der Waals surface area contributed by atoms with Crippen molar-refractivity contribution in [2.75, 3.05) is 20.2 Å². The molecule has 2 aliphatic rings. The van der Waals surface area contributed by atoms with Crippen LogP contribution in [0.1, 0.15) is 55.7 Å². The Kier molecular flexibility index (Phi) is 4.13. The molecular weight excluding hydrogens is 276 g/mol. The Morgan fingerprint density at radius 3 is 2.64 bits per heavy atom. The van der Waals surface area contributed by atoms with Crippen molar-refractivity contribution in [2.24, 2.45) is 5.41 Å². The Bertz CT molecular complexity index is 554. The minimum Gasteiger partial charge on any atom is -0.396 e. The Morgan fingerprint density at radius 1 is 1.32 bits per heavy atom. The highest BCUT2D eigenvalue weighted by Gasteiger charge is 2.43. The van der Waals surface area contributed by atoms with Gasteiger partial charge in [0.1, 0.15) is 0 Å². The van der Waals surface area contributed by atoms with Crippen LogP contribution in [0.5, 0.6) is 0 Å². The number of carbonyl (C=O) groups is 1. The minimum atomic E-state index is -0.0366. The molecule has 1 aromatic carbocycles. The zero-order chi connectivity index (χ0) is 15.7. The summed E-state index contributed by atoms with van der Waals surface area (Å²) in [5.74, 6) is 0.561. The first-order chi connectivity index (χ1) is 10.5. The van der Waals surface area contributed by atoms with Crippen LogP contribution in [-0.4, -0.2) is 36.2 Å². The number of fused-ring (bicyclic) bond motifs is 1. The monoisotopic (exact) mass is 302 g/mol. The van der Waals surface area contributed by atoms with E-state index in [9.17, 15) is 9.90 Å². The second-order valence-electron chi connectivity index (χ2n) is 7.12. The van der Waals surface area contributed by atoms with Gasteiger partial charge in [0, 0.05) is 19.0 Å². The number of hydrogen-bond donors (Lipinski definition) is 2. The topological polar surface area (TPSA) is 52.6 Å². The quantitative estimate of drug-likeness (QED) is 0.898. The highest BCUT2D eigenvalue weighted by molar-refractivity contribution is 5.74. The number of nitrogens with zero attached hydrogens (tertiary/aromatic N) is 1. The maximum Gasteiger partial charge on any atom is 0.317 e. The molecule has 0 radical (unpaired) electrons. The molecule has 1 fully saturated rings. The molecule has 0 heterocycles. The Hall–Kier alpha value is -1.55. The first kappa shape index (κ1) is 15.3. The predicted octanol–water partition coefficient (Wildman–Crippen LogP) is 3.04. The van der Waals surface area contributed by atoms with E-state index in [-0.39, 0.29) is 24.1 Å². The standard InChI is InChI=1S/C18H26N2O2/c1-13-7-8-16(15-6-4-3-5-14(13)15)19-17(22)20(2)11-18(12-21)9-10-18/h3-6,13,16,21H,7-12H2,1-2H3,(H,19,22)/t13-,16-/m1/s1. The van der Waals surface area contributed by atoms with E-state index in [0.29, 0.717) is 12.5 Å². The number of hydrogen-bond acceptors (Lipinski definition) is 2. The molecule has 3 rings (SSSR count). The van der Waals surface area contributed by atoms with E-state index in [0.717, 1.165) is 25.7 Å². The summed E-state index contributed by atoms with van der Waals surface area (Å²) in [4.78, 5) is 14.2. The second-order valence-corrected chi connectivity index (χ2v) is 7.12. The van der Waals surface area contributed by atoms with Gasteiger partial charge in [-0.1, -0.05) is 31.2 Å². The Labute approximate surface area is 132 Å². The smallest absolute Gasteiger partial charge is 0.317 e. The average molecular weight is 302 g/mol. The number of aliphatic hydroxyl groups excluding tert-OH is 1. The summed E-state index contributed by atoms with van der Waals surface area (Å²) < 4.78 is 0. The maximum absolute atomic E-state index is 12.5. The largest absolute Gasteiger partial charge is 0.396 e. The van der Waals surface area contributed by atoms with E-state index < -0.39 is 0 Å². The lowest BCUT2D eigenvalue weighted by molar-refractivity contribution is 0.159. The molecule has 2 N–H and O–H groups in total. The van der Waals surface area contributed by atoms with E-state index in [2.05, 4.69) is 30.4 Å². The second kappa shape index (κ2) is 5.92. The molecule has 1 saturated carbocycles. The molecule has 120 valence electrons. The van der Waals surface area contributed by atoms with Gasteiger partial charge in [0.25, 0.3) is 0 Å². The number of nitrogens with one attached hydrogen (secondary N) is 1. The van der Waals surface area contributed by atoms with Crippen LogP contribution in [0.15, 0.2) is 24.3 Å². The highest BCUT2D eigenvalue weighted by atomic mass is 16.3. The normalized spacial score (nSPS) is 25.2. The molecule has 0 spiro atoms. The van der Waals surface area contributed by atoms with Gasteiger partial charge in [0.15, 0.2) is 0 Å². The Balaban J connectivity index is 1.66. The number of urea groups is 1. The molecule has 2 aliphatic carbocycles. The fourth-order valence-electron chi connectivity index (χ4n) is 3.53. The molecule has 0 aliphatic heterocycles.